The molecule has 24 heavy (non-hydrogen) atoms. The van der Waals surface area contributed by atoms with E-state index in [-0.39, 0.29) is 24.5 Å². The van der Waals surface area contributed by atoms with E-state index in [1.54, 1.807) is 0 Å². The number of hydrogen-bond acceptors (Lipinski definition) is 7. The molecule has 0 fully saturated rings. The van der Waals surface area contributed by atoms with Crippen molar-refractivity contribution < 1.29 is 4.52 Å². The number of benzene rings is 1. The van der Waals surface area contributed by atoms with E-state index in [4.69, 9.17) is 4.52 Å². The van der Waals surface area contributed by atoms with Gasteiger partial charge in [-0.25, -0.2) is 0 Å². The van der Waals surface area contributed by atoms with Crippen LogP contribution in [-0.4, -0.2) is 43.4 Å². The molecule has 0 saturated carbocycles. The highest BCUT2D eigenvalue weighted by molar-refractivity contribution is 5.85. The molecule has 0 aliphatic carbocycles. The van der Waals surface area contributed by atoms with Gasteiger partial charge in [-0.1, -0.05) is 35.5 Å². The highest BCUT2D eigenvalue weighted by Crippen LogP contribution is 2.17. The average Bonchev–Trinajstić information content (AvgIpc) is 3.24. The van der Waals surface area contributed by atoms with Crippen LogP contribution in [0.2, 0.25) is 0 Å². The van der Waals surface area contributed by atoms with Crippen molar-refractivity contribution in [2.45, 2.75) is 32.4 Å². The van der Waals surface area contributed by atoms with Crippen molar-refractivity contribution in [2.75, 3.05) is 7.05 Å². The summed E-state index contributed by atoms with van der Waals surface area (Å²) in [4.78, 5) is 5.90. The minimum atomic E-state index is -0.272. The number of halogens is 1. The fraction of sp³-hybridized carbons (Fsp3) is 0.400. The van der Waals surface area contributed by atoms with Crippen LogP contribution in [-0.2, 0) is 6.42 Å². The maximum Gasteiger partial charge on any atom is 0.253 e. The molecule has 0 aliphatic rings. The van der Waals surface area contributed by atoms with E-state index >= 15 is 0 Å². The summed E-state index contributed by atoms with van der Waals surface area (Å²) in [5, 5.41) is 19.7. The van der Waals surface area contributed by atoms with Crippen LogP contribution in [0.5, 0.6) is 0 Å². The van der Waals surface area contributed by atoms with Crippen LogP contribution in [0, 0.1) is 0 Å². The third-order valence-electron chi connectivity index (χ3n) is 3.63. The highest BCUT2D eigenvalue weighted by atomic mass is 35.5. The summed E-state index contributed by atoms with van der Waals surface area (Å²) in [6, 6.07) is 9.71. The lowest BCUT2D eigenvalue weighted by Gasteiger charge is -2.05. The maximum atomic E-state index is 5.32. The van der Waals surface area contributed by atoms with Gasteiger partial charge >= 0.3 is 0 Å². The molecule has 0 saturated heterocycles. The third-order valence-corrected chi connectivity index (χ3v) is 3.63. The lowest BCUT2D eigenvalue weighted by molar-refractivity contribution is 0.317. The number of rotatable bonds is 6. The molecule has 8 nitrogen and oxygen atoms in total. The minimum absolute atomic E-state index is 0. The molecule has 9 heteroatoms. The first-order chi connectivity index (χ1) is 11.2. The summed E-state index contributed by atoms with van der Waals surface area (Å²) in [7, 11) is 1.90. The summed E-state index contributed by atoms with van der Waals surface area (Å²) >= 11 is 0. The molecule has 0 aliphatic heterocycles. The third kappa shape index (κ3) is 3.95. The summed E-state index contributed by atoms with van der Waals surface area (Å²) in [5.74, 6) is 1.71. The van der Waals surface area contributed by atoms with Crippen LogP contribution in [0.1, 0.15) is 31.6 Å². The molecule has 1 aromatic carbocycles. The van der Waals surface area contributed by atoms with Gasteiger partial charge < -0.3 is 9.84 Å². The Labute approximate surface area is 146 Å². The number of nitrogens with zero attached hydrogens (tertiary/aromatic N) is 6. The molecule has 0 radical (unpaired) electrons. The van der Waals surface area contributed by atoms with Crippen LogP contribution < -0.4 is 5.32 Å². The topological polar surface area (TPSA) is 94.6 Å². The number of hydrogen-bond donors (Lipinski definition) is 1. The monoisotopic (exact) mass is 349 g/mol. The van der Waals surface area contributed by atoms with Gasteiger partial charge in [0.25, 0.3) is 5.89 Å². The van der Waals surface area contributed by atoms with Gasteiger partial charge in [0.1, 0.15) is 6.04 Å². The molecule has 3 rings (SSSR count). The molecule has 0 spiro atoms. The molecule has 1 N–H and O–H groups in total. The summed E-state index contributed by atoms with van der Waals surface area (Å²) in [5.41, 5.74) is 0.917. The van der Waals surface area contributed by atoms with Gasteiger partial charge in [0, 0.05) is 18.0 Å². The Bertz CT molecular complexity index is 758. The van der Waals surface area contributed by atoms with Crippen LogP contribution >= 0.6 is 12.4 Å². The first-order valence-electron chi connectivity index (χ1n) is 7.52. The first kappa shape index (κ1) is 18.0. The van der Waals surface area contributed by atoms with Crippen molar-refractivity contribution in [2.24, 2.45) is 0 Å². The van der Waals surface area contributed by atoms with Gasteiger partial charge in [0.05, 0.1) is 0 Å². The second-order valence-electron chi connectivity index (χ2n) is 5.42. The molecule has 0 amide bonds. The predicted molar refractivity (Wildman–Crippen MR) is 90.8 cm³/mol. The van der Waals surface area contributed by atoms with Gasteiger partial charge in [-0.15, -0.1) is 22.6 Å². The van der Waals surface area contributed by atoms with Crippen molar-refractivity contribution in [1.29, 1.82) is 0 Å². The van der Waals surface area contributed by atoms with E-state index in [2.05, 4.69) is 37.8 Å². The predicted octanol–water partition coefficient (Wildman–Crippen LogP) is 1.90. The normalized spacial score (nSPS) is 13.3. The maximum absolute atomic E-state index is 5.32. The Morgan fingerprint density at radius 1 is 1.21 bits per heavy atom. The molecule has 2 heterocycles. The zero-order valence-corrected chi connectivity index (χ0v) is 14.6. The zero-order chi connectivity index (χ0) is 16.2. The van der Waals surface area contributed by atoms with Crippen molar-refractivity contribution in [3.63, 3.8) is 0 Å². The zero-order valence-electron chi connectivity index (χ0n) is 13.7. The molecule has 128 valence electrons. The van der Waals surface area contributed by atoms with Crippen LogP contribution in [0.3, 0.4) is 0 Å². The number of aromatic nitrogens is 6. The van der Waals surface area contributed by atoms with Gasteiger partial charge in [0.2, 0.25) is 5.82 Å². The van der Waals surface area contributed by atoms with E-state index in [0.717, 1.165) is 5.56 Å². The number of tetrazole rings is 1. The largest absolute Gasteiger partial charge is 0.337 e. The van der Waals surface area contributed by atoms with E-state index in [1.807, 2.05) is 44.3 Å². The van der Waals surface area contributed by atoms with Crippen molar-refractivity contribution in [3.8, 4) is 11.4 Å². The fourth-order valence-electron chi connectivity index (χ4n) is 2.09. The number of likely N-dealkylation sites (N-methyl/N-ethyl adjacent to an activating group) is 1. The van der Waals surface area contributed by atoms with Gasteiger partial charge in [0.15, 0.2) is 5.82 Å². The fourth-order valence-corrected chi connectivity index (χ4v) is 2.09. The van der Waals surface area contributed by atoms with Crippen molar-refractivity contribution >= 4 is 12.4 Å². The molecule has 3 aromatic rings. The Hall–Kier alpha value is -2.32. The first-order valence-corrected chi connectivity index (χ1v) is 7.52. The molecule has 2 atom stereocenters. The van der Waals surface area contributed by atoms with E-state index in [1.165, 1.54) is 4.80 Å². The number of nitrogens with one attached hydrogen (secondary N) is 1. The Morgan fingerprint density at radius 2 is 1.96 bits per heavy atom. The van der Waals surface area contributed by atoms with Crippen LogP contribution in [0.4, 0.5) is 0 Å². The van der Waals surface area contributed by atoms with E-state index in [9.17, 15) is 0 Å². The van der Waals surface area contributed by atoms with Gasteiger partial charge in [-0.2, -0.15) is 9.78 Å². The Kier molecular flexibility index (Phi) is 5.99. The molecule has 0 bridgehead atoms. The van der Waals surface area contributed by atoms with Crippen molar-refractivity contribution in [1.82, 2.24) is 35.7 Å². The molecular formula is C15H20ClN7O. The van der Waals surface area contributed by atoms with Gasteiger partial charge in [-0.05, 0) is 26.1 Å². The second-order valence-corrected chi connectivity index (χ2v) is 5.42. The van der Waals surface area contributed by atoms with Gasteiger partial charge in [-0.3, -0.25) is 0 Å². The van der Waals surface area contributed by atoms with Crippen molar-refractivity contribution in [3.05, 3.63) is 42.0 Å². The average molecular weight is 350 g/mol. The SMILES string of the molecule is CNC(C)Cc1noc(C(C)n2nnc(-c3ccccc3)n2)n1.Cl. The van der Waals surface area contributed by atoms with Crippen LogP contribution in [0.25, 0.3) is 11.4 Å². The van der Waals surface area contributed by atoms with Crippen LogP contribution in [0.15, 0.2) is 34.9 Å². The quantitative estimate of drug-likeness (QED) is 0.726. The summed E-state index contributed by atoms with van der Waals surface area (Å²) in [6.07, 6.45) is 0.701. The Balaban J connectivity index is 0.00000208. The molecule has 2 aromatic heterocycles. The van der Waals surface area contributed by atoms with E-state index < -0.39 is 0 Å². The highest BCUT2D eigenvalue weighted by Gasteiger charge is 2.20. The van der Waals surface area contributed by atoms with E-state index in [0.29, 0.717) is 24.0 Å². The lowest BCUT2D eigenvalue weighted by Crippen LogP contribution is -2.24. The standard InChI is InChI=1S/C15H19N7O.ClH/c1-10(16-3)9-13-17-15(23-20-13)11(2)22-19-14(18-21-22)12-7-5-4-6-8-12;/h4-8,10-11,16H,9H2,1-3H3;1H. The smallest absolute Gasteiger partial charge is 0.253 e. The second kappa shape index (κ2) is 7.98. The molecule has 2 unspecified atom stereocenters. The molecular weight excluding hydrogens is 330 g/mol. The lowest BCUT2D eigenvalue weighted by atomic mass is 10.2. The minimum Gasteiger partial charge on any atom is -0.337 e. The summed E-state index contributed by atoms with van der Waals surface area (Å²) < 4.78 is 5.32. The summed E-state index contributed by atoms with van der Waals surface area (Å²) in [6.45, 7) is 3.96. The Morgan fingerprint density at radius 3 is 2.67 bits per heavy atom.